The van der Waals surface area contributed by atoms with Crippen LogP contribution in [-0.2, 0) is 4.79 Å². The third-order valence-corrected chi connectivity index (χ3v) is 3.88. The number of hydrogen-bond acceptors (Lipinski definition) is 2. The second-order valence-electron chi connectivity index (χ2n) is 4.61. The van der Waals surface area contributed by atoms with Crippen molar-refractivity contribution in [3.05, 3.63) is 34.3 Å². The fourth-order valence-electron chi connectivity index (χ4n) is 2.17. The Morgan fingerprint density at radius 1 is 1.32 bits per heavy atom. The van der Waals surface area contributed by atoms with Gasteiger partial charge in [0.05, 0.1) is 11.6 Å². The molecular weight excluding hydrogens is 306 g/mol. The van der Waals surface area contributed by atoms with Crippen LogP contribution in [0.4, 0.5) is 0 Å². The van der Waals surface area contributed by atoms with Gasteiger partial charge in [0, 0.05) is 19.2 Å². The zero-order valence-corrected chi connectivity index (χ0v) is 12.6. The van der Waals surface area contributed by atoms with Crippen LogP contribution in [0.2, 0.25) is 0 Å². The lowest BCUT2D eigenvalue weighted by atomic mass is 10.1. The molecule has 1 aromatic carbocycles. The van der Waals surface area contributed by atoms with Gasteiger partial charge in [-0.05, 0) is 59.0 Å². The summed E-state index contributed by atoms with van der Waals surface area (Å²) in [7, 11) is 1.63. The molecule has 19 heavy (non-hydrogen) atoms. The topological polar surface area (TPSA) is 29.5 Å². The summed E-state index contributed by atoms with van der Waals surface area (Å²) < 4.78 is 6.07. The standard InChI is InChI=1S/C15H18BrNO2/c1-19-14-7-5-12(11-13(14)16)6-8-15(18)17-9-3-2-4-10-17/h5-8,11H,2-4,9-10H2,1H3/b8-6+. The van der Waals surface area contributed by atoms with Gasteiger partial charge in [0.15, 0.2) is 0 Å². The first-order valence-corrected chi connectivity index (χ1v) is 7.30. The highest BCUT2D eigenvalue weighted by Gasteiger charge is 2.13. The first-order valence-electron chi connectivity index (χ1n) is 6.51. The molecule has 4 heteroatoms. The fourth-order valence-corrected chi connectivity index (χ4v) is 2.73. The predicted octanol–water partition coefficient (Wildman–Crippen LogP) is 3.48. The van der Waals surface area contributed by atoms with E-state index in [0.29, 0.717) is 0 Å². The maximum atomic E-state index is 12.0. The maximum absolute atomic E-state index is 12.0. The van der Waals surface area contributed by atoms with Gasteiger partial charge in [-0.1, -0.05) is 6.07 Å². The Bertz CT molecular complexity index is 479. The number of methoxy groups -OCH3 is 1. The molecule has 1 amide bonds. The highest BCUT2D eigenvalue weighted by molar-refractivity contribution is 9.10. The molecule has 102 valence electrons. The van der Waals surface area contributed by atoms with E-state index in [1.54, 1.807) is 13.2 Å². The van der Waals surface area contributed by atoms with Gasteiger partial charge in [0.1, 0.15) is 5.75 Å². The molecule has 0 aromatic heterocycles. The lowest BCUT2D eigenvalue weighted by Gasteiger charge is -2.25. The highest BCUT2D eigenvalue weighted by atomic mass is 79.9. The largest absolute Gasteiger partial charge is 0.496 e. The minimum absolute atomic E-state index is 0.103. The number of nitrogens with zero attached hydrogens (tertiary/aromatic N) is 1. The lowest BCUT2D eigenvalue weighted by Crippen LogP contribution is -2.34. The molecule has 1 heterocycles. The first kappa shape index (κ1) is 14.1. The molecule has 0 unspecified atom stereocenters. The summed E-state index contributed by atoms with van der Waals surface area (Å²) in [5.41, 5.74) is 0.984. The third kappa shape index (κ3) is 3.83. The van der Waals surface area contributed by atoms with E-state index in [0.717, 1.165) is 41.7 Å². The maximum Gasteiger partial charge on any atom is 0.246 e. The Kier molecular flexibility index (Phi) is 5.02. The molecule has 1 aliphatic rings. The van der Waals surface area contributed by atoms with Crippen LogP contribution in [-0.4, -0.2) is 31.0 Å². The van der Waals surface area contributed by atoms with Gasteiger partial charge in [0.25, 0.3) is 0 Å². The van der Waals surface area contributed by atoms with Crippen molar-refractivity contribution in [2.24, 2.45) is 0 Å². The van der Waals surface area contributed by atoms with Crippen LogP contribution >= 0.6 is 15.9 Å². The van der Waals surface area contributed by atoms with E-state index in [1.165, 1.54) is 6.42 Å². The summed E-state index contributed by atoms with van der Waals surface area (Å²) in [6.45, 7) is 1.77. The second kappa shape index (κ2) is 6.75. The molecule has 1 aromatic rings. The Balaban J connectivity index is 2.01. The smallest absolute Gasteiger partial charge is 0.246 e. The van der Waals surface area contributed by atoms with Crippen LogP contribution in [0, 0.1) is 0 Å². The summed E-state index contributed by atoms with van der Waals surface area (Å²) in [5.74, 6) is 0.895. The molecule has 2 rings (SSSR count). The number of ether oxygens (including phenoxy) is 1. The number of carbonyl (C=O) groups excluding carboxylic acids is 1. The number of carbonyl (C=O) groups is 1. The number of benzene rings is 1. The number of amides is 1. The molecular formula is C15H18BrNO2. The Morgan fingerprint density at radius 2 is 2.05 bits per heavy atom. The number of piperidine rings is 1. The van der Waals surface area contributed by atoms with Gasteiger partial charge in [-0.15, -0.1) is 0 Å². The molecule has 3 nitrogen and oxygen atoms in total. The highest BCUT2D eigenvalue weighted by Crippen LogP contribution is 2.26. The Labute approximate surface area is 122 Å². The zero-order valence-electron chi connectivity index (χ0n) is 11.1. The van der Waals surface area contributed by atoms with E-state index in [9.17, 15) is 4.79 Å². The van der Waals surface area contributed by atoms with Crippen LogP contribution in [0.1, 0.15) is 24.8 Å². The van der Waals surface area contributed by atoms with Gasteiger partial charge in [-0.25, -0.2) is 0 Å². The van der Waals surface area contributed by atoms with Crippen molar-refractivity contribution in [1.29, 1.82) is 0 Å². The summed E-state index contributed by atoms with van der Waals surface area (Å²) in [4.78, 5) is 13.9. The molecule has 0 N–H and O–H groups in total. The van der Waals surface area contributed by atoms with Gasteiger partial charge < -0.3 is 9.64 Å². The van der Waals surface area contributed by atoms with Crippen LogP contribution < -0.4 is 4.74 Å². The Hall–Kier alpha value is -1.29. The monoisotopic (exact) mass is 323 g/mol. The SMILES string of the molecule is COc1ccc(/C=C/C(=O)N2CCCCC2)cc1Br. The van der Waals surface area contributed by atoms with Gasteiger partial charge in [-0.2, -0.15) is 0 Å². The summed E-state index contributed by atoms with van der Waals surface area (Å²) in [5, 5.41) is 0. The quantitative estimate of drug-likeness (QED) is 0.797. The van der Waals surface area contributed by atoms with E-state index in [1.807, 2.05) is 29.2 Å². The average Bonchev–Trinajstić information content (AvgIpc) is 2.46. The summed E-state index contributed by atoms with van der Waals surface area (Å²) in [6.07, 6.45) is 6.97. The fraction of sp³-hybridized carbons (Fsp3) is 0.400. The normalized spacial score (nSPS) is 15.8. The van der Waals surface area contributed by atoms with Gasteiger partial charge in [0.2, 0.25) is 5.91 Å². The predicted molar refractivity (Wildman–Crippen MR) is 80.2 cm³/mol. The van der Waals surface area contributed by atoms with Crippen LogP contribution in [0.25, 0.3) is 6.08 Å². The second-order valence-corrected chi connectivity index (χ2v) is 5.47. The van der Waals surface area contributed by atoms with Crippen LogP contribution in [0.3, 0.4) is 0 Å². The molecule has 1 fully saturated rings. The van der Waals surface area contributed by atoms with E-state index >= 15 is 0 Å². The number of halogens is 1. The Morgan fingerprint density at radius 3 is 2.68 bits per heavy atom. The molecule has 1 saturated heterocycles. The van der Waals surface area contributed by atoms with Crippen molar-refractivity contribution >= 4 is 27.9 Å². The van der Waals surface area contributed by atoms with E-state index in [-0.39, 0.29) is 5.91 Å². The minimum atomic E-state index is 0.103. The number of hydrogen-bond donors (Lipinski definition) is 0. The van der Waals surface area contributed by atoms with Crippen molar-refractivity contribution < 1.29 is 9.53 Å². The van der Waals surface area contributed by atoms with Crippen molar-refractivity contribution in [3.63, 3.8) is 0 Å². The molecule has 0 aliphatic carbocycles. The first-order chi connectivity index (χ1) is 9.20. The number of likely N-dealkylation sites (tertiary alicyclic amines) is 1. The summed E-state index contributed by atoms with van der Waals surface area (Å²) in [6, 6.07) is 5.76. The van der Waals surface area contributed by atoms with Crippen molar-refractivity contribution in [2.75, 3.05) is 20.2 Å². The average molecular weight is 324 g/mol. The summed E-state index contributed by atoms with van der Waals surface area (Å²) >= 11 is 3.44. The third-order valence-electron chi connectivity index (χ3n) is 3.26. The molecule has 1 aliphatic heterocycles. The van der Waals surface area contributed by atoms with Crippen molar-refractivity contribution in [1.82, 2.24) is 4.90 Å². The minimum Gasteiger partial charge on any atom is -0.496 e. The van der Waals surface area contributed by atoms with E-state index in [4.69, 9.17) is 4.74 Å². The van der Waals surface area contributed by atoms with E-state index < -0.39 is 0 Å². The molecule has 0 atom stereocenters. The van der Waals surface area contributed by atoms with Crippen LogP contribution in [0.15, 0.2) is 28.7 Å². The van der Waals surface area contributed by atoms with Crippen LogP contribution in [0.5, 0.6) is 5.75 Å². The number of rotatable bonds is 3. The van der Waals surface area contributed by atoms with E-state index in [2.05, 4.69) is 15.9 Å². The van der Waals surface area contributed by atoms with Gasteiger partial charge >= 0.3 is 0 Å². The molecule has 0 spiro atoms. The molecule has 0 bridgehead atoms. The molecule has 0 radical (unpaired) electrons. The van der Waals surface area contributed by atoms with Crippen molar-refractivity contribution in [2.45, 2.75) is 19.3 Å². The lowest BCUT2D eigenvalue weighted by molar-refractivity contribution is -0.126. The van der Waals surface area contributed by atoms with Gasteiger partial charge in [-0.3, -0.25) is 4.79 Å². The zero-order chi connectivity index (χ0) is 13.7. The van der Waals surface area contributed by atoms with Crippen molar-refractivity contribution in [3.8, 4) is 5.75 Å². The molecule has 0 saturated carbocycles.